The van der Waals surface area contributed by atoms with Crippen LogP contribution in [0.1, 0.15) is 45.4 Å². The number of ether oxygens (including phenoxy) is 1. The van der Waals surface area contributed by atoms with Crippen LogP contribution in [0.2, 0.25) is 0 Å². The first-order valence-electron chi connectivity index (χ1n) is 8.80. The van der Waals surface area contributed by atoms with Crippen molar-refractivity contribution in [1.82, 2.24) is 10.0 Å². The molecule has 1 saturated heterocycles. The molecule has 0 aromatic heterocycles. The van der Waals surface area contributed by atoms with E-state index in [0.717, 1.165) is 25.7 Å². The maximum Gasteiger partial charge on any atom is 0.311 e. The van der Waals surface area contributed by atoms with Gasteiger partial charge in [-0.1, -0.05) is 6.92 Å². The highest BCUT2D eigenvalue weighted by molar-refractivity contribution is 7.90. The lowest BCUT2D eigenvalue weighted by Gasteiger charge is -2.33. The summed E-state index contributed by atoms with van der Waals surface area (Å²) in [5.74, 6) is -1.74. The Morgan fingerprint density at radius 3 is 2.32 bits per heavy atom. The third-order valence-corrected chi connectivity index (χ3v) is 6.55. The molecule has 144 valence electrons. The second-order valence-corrected chi connectivity index (χ2v) is 9.06. The second-order valence-electron chi connectivity index (χ2n) is 7.31. The molecule has 0 radical (unpaired) electrons. The fourth-order valence-electron chi connectivity index (χ4n) is 3.39. The number of hydrogen-bond acceptors (Lipinski definition) is 5. The van der Waals surface area contributed by atoms with Gasteiger partial charge in [-0.05, 0) is 44.4 Å². The Bertz CT molecular complexity index is 577. The van der Waals surface area contributed by atoms with Gasteiger partial charge in [0.05, 0.1) is 5.41 Å². The van der Waals surface area contributed by atoms with Crippen molar-refractivity contribution in [2.24, 2.45) is 11.3 Å². The van der Waals surface area contributed by atoms with Crippen LogP contribution in [0.15, 0.2) is 0 Å². The minimum absolute atomic E-state index is 0.0824. The van der Waals surface area contributed by atoms with E-state index < -0.39 is 33.1 Å². The van der Waals surface area contributed by atoms with Crippen molar-refractivity contribution in [2.45, 2.75) is 51.5 Å². The summed E-state index contributed by atoms with van der Waals surface area (Å²) < 4.78 is 32.1. The lowest BCUT2D eigenvalue weighted by atomic mass is 9.80. The highest BCUT2D eigenvalue weighted by Crippen LogP contribution is 2.30. The summed E-state index contributed by atoms with van der Waals surface area (Å²) in [5.41, 5.74) is -1.08. The van der Waals surface area contributed by atoms with Gasteiger partial charge in [-0.3, -0.25) is 9.59 Å². The van der Waals surface area contributed by atoms with Crippen molar-refractivity contribution in [3.63, 3.8) is 0 Å². The molecule has 2 aliphatic rings. The highest BCUT2D eigenvalue weighted by Gasteiger charge is 2.40. The van der Waals surface area contributed by atoms with Gasteiger partial charge in [0.2, 0.25) is 15.9 Å². The zero-order valence-corrected chi connectivity index (χ0v) is 15.4. The van der Waals surface area contributed by atoms with E-state index in [2.05, 4.69) is 17.0 Å². The quantitative estimate of drug-likeness (QED) is 0.594. The zero-order valence-electron chi connectivity index (χ0n) is 14.6. The second kappa shape index (κ2) is 8.46. The molecule has 3 N–H and O–H groups in total. The average molecular weight is 376 g/mol. The van der Waals surface area contributed by atoms with Gasteiger partial charge in [-0.15, -0.1) is 0 Å². The fourth-order valence-corrected chi connectivity index (χ4v) is 4.67. The Balaban J connectivity index is 1.83. The number of carbonyl (C=O) groups is 2. The molecule has 0 bridgehead atoms. The number of sulfonamides is 1. The topological polar surface area (TPSA) is 122 Å². The summed E-state index contributed by atoms with van der Waals surface area (Å²) in [4.78, 5) is 23.5. The molecule has 2 rings (SSSR count). The first-order valence-corrected chi connectivity index (χ1v) is 10.5. The molecule has 0 atom stereocenters. The largest absolute Gasteiger partial charge is 0.481 e. The molecular formula is C16H28N2O6S. The molecule has 0 aromatic carbocycles. The number of nitrogens with one attached hydrogen (secondary N) is 2. The first kappa shape index (κ1) is 20.1. The van der Waals surface area contributed by atoms with Gasteiger partial charge in [-0.2, -0.15) is 0 Å². The molecule has 9 heteroatoms. The predicted octanol–water partition coefficient (Wildman–Crippen LogP) is 0.482. The van der Waals surface area contributed by atoms with Crippen LogP contribution >= 0.6 is 0 Å². The van der Waals surface area contributed by atoms with Gasteiger partial charge in [0, 0.05) is 25.8 Å². The summed E-state index contributed by atoms with van der Waals surface area (Å²) >= 11 is 0. The van der Waals surface area contributed by atoms with Gasteiger partial charge in [0.1, 0.15) is 5.75 Å². The minimum Gasteiger partial charge on any atom is -0.481 e. The van der Waals surface area contributed by atoms with Crippen LogP contribution in [-0.4, -0.2) is 57.0 Å². The number of rotatable bonds is 7. The monoisotopic (exact) mass is 376 g/mol. The van der Waals surface area contributed by atoms with Crippen molar-refractivity contribution in [3.05, 3.63) is 0 Å². The maximum absolute atomic E-state index is 12.1. The van der Waals surface area contributed by atoms with Gasteiger partial charge < -0.3 is 15.2 Å². The van der Waals surface area contributed by atoms with Crippen molar-refractivity contribution in [3.8, 4) is 0 Å². The number of hydrogen-bond donors (Lipinski definition) is 3. The van der Waals surface area contributed by atoms with Crippen molar-refractivity contribution in [1.29, 1.82) is 0 Å². The van der Waals surface area contributed by atoms with E-state index in [1.165, 1.54) is 0 Å². The predicted molar refractivity (Wildman–Crippen MR) is 91.5 cm³/mol. The molecule has 1 saturated carbocycles. The summed E-state index contributed by atoms with van der Waals surface area (Å²) in [6.07, 6.45) is 4.11. The van der Waals surface area contributed by atoms with E-state index >= 15 is 0 Å². The van der Waals surface area contributed by atoms with Crippen molar-refractivity contribution < 1.29 is 27.9 Å². The van der Waals surface area contributed by atoms with Gasteiger partial charge in [0.15, 0.2) is 0 Å². The van der Waals surface area contributed by atoms with Crippen molar-refractivity contribution in [2.75, 3.05) is 25.5 Å². The van der Waals surface area contributed by atoms with Crippen LogP contribution in [0.25, 0.3) is 0 Å². The van der Waals surface area contributed by atoms with Crippen LogP contribution in [0.4, 0.5) is 0 Å². The normalized spacial score (nSPS) is 26.8. The first-order chi connectivity index (χ1) is 11.7. The molecule has 1 amide bonds. The molecule has 8 nitrogen and oxygen atoms in total. The van der Waals surface area contributed by atoms with Crippen molar-refractivity contribution >= 4 is 21.9 Å². The van der Waals surface area contributed by atoms with Gasteiger partial charge in [-0.25, -0.2) is 13.1 Å². The SMILES string of the molecule is CC1CCC(NS(=O)(=O)CC(=O)NCC2(C(=O)O)CCOCC2)CC1. The Morgan fingerprint density at radius 2 is 1.76 bits per heavy atom. The Labute approximate surface area is 148 Å². The fraction of sp³-hybridized carbons (Fsp3) is 0.875. The molecule has 1 aliphatic heterocycles. The number of amides is 1. The number of carboxylic acids is 1. The standard InChI is InChI=1S/C16H28N2O6S/c1-12-2-4-13(5-3-12)18-25(22,23)10-14(19)17-11-16(15(20)21)6-8-24-9-7-16/h12-13,18H,2-11H2,1H3,(H,17,19)(H,20,21). The van der Waals surface area contributed by atoms with E-state index in [9.17, 15) is 23.1 Å². The Morgan fingerprint density at radius 1 is 1.16 bits per heavy atom. The molecule has 2 fully saturated rings. The highest BCUT2D eigenvalue weighted by atomic mass is 32.2. The number of aliphatic carboxylic acids is 1. The van der Waals surface area contributed by atoms with E-state index in [1.807, 2.05) is 0 Å². The number of carbonyl (C=O) groups excluding carboxylic acids is 1. The van der Waals surface area contributed by atoms with Crippen LogP contribution in [0.3, 0.4) is 0 Å². The van der Waals surface area contributed by atoms with Gasteiger partial charge >= 0.3 is 5.97 Å². The molecule has 1 heterocycles. The maximum atomic E-state index is 12.1. The lowest BCUT2D eigenvalue weighted by molar-refractivity contribution is -0.154. The van der Waals surface area contributed by atoms with E-state index in [4.69, 9.17) is 4.74 Å². The third kappa shape index (κ3) is 5.93. The smallest absolute Gasteiger partial charge is 0.311 e. The molecular weight excluding hydrogens is 348 g/mol. The van der Waals surface area contributed by atoms with E-state index in [0.29, 0.717) is 32.0 Å². The minimum atomic E-state index is -3.73. The third-order valence-electron chi connectivity index (χ3n) is 5.21. The summed E-state index contributed by atoms with van der Waals surface area (Å²) in [6, 6.07) is -0.116. The molecule has 0 spiro atoms. The molecule has 0 unspecified atom stereocenters. The van der Waals surface area contributed by atoms with Crippen LogP contribution in [-0.2, 0) is 24.3 Å². The van der Waals surface area contributed by atoms with E-state index in [1.54, 1.807) is 0 Å². The summed E-state index contributed by atoms with van der Waals surface area (Å²) in [5, 5.41) is 11.9. The Kier molecular flexibility index (Phi) is 6.81. The average Bonchev–Trinajstić information content (AvgIpc) is 2.55. The summed E-state index contributed by atoms with van der Waals surface area (Å²) in [6.45, 7) is 2.71. The number of carboxylic acid groups (broad SMARTS) is 1. The van der Waals surface area contributed by atoms with Crippen LogP contribution < -0.4 is 10.0 Å². The molecule has 0 aromatic rings. The van der Waals surface area contributed by atoms with E-state index in [-0.39, 0.29) is 12.6 Å². The van der Waals surface area contributed by atoms with Crippen LogP contribution in [0, 0.1) is 11.3 Å². The summed E-state index contributed by atoms with van der Waals surface area (Å²) in [7, 11) is -3.73. The zero-order chi connectivity index (χ0) is 18.5. The lowest BCUT2D eigenvalue weighted by Crippen LogP contribution is -2.48. The van der Waals surface area contributed by atoms with Crippen LogP contribution in [0.5, 0.6) is 0 Å². The van der Waals surface area contributed by atoms with Gasteiger partial charge in [0.25, 0.3) is 0 Å². The molecule has 25 heavy (non-hydrogen) atoms. The molecule has 1 aliphatic carbocycles. The Hall–Kier alpha value is -1.19.